The number of carbonyl (C=O) groups excluding carboxylic acids is 2. The molecule has 3 rings (SSSR count). The highest BCUT2D eigenvalue weighted by atomic mass is 19.1. The first-order valence-electron chi connectivity index (χ1n) is 10.5. The Bertz CT molecular complexity index is 621. The number of nitrogens with one attached hydrogen (secondary N) is 1. The third-order valence-corrected chi connectivity index (χ3v) is 5.80. The van der Waals surface area contributed by atoms with E-state index in [0.29, 0.717) is 44.7 Å². The van der Waals surface area contributed by atoms with Gasteiger partial charge in [0.15, 0.2) is 0 Å². The largest absolute Gasteiger partial charge is 0.353 e. The molecule has 3 aliphatic rings. The van der Waals surface area contributed by atoms with Gasteiger partial charge in [-0.05, 0) is 45.1 Å². The van der Waals surface area contributed by atoms with Crippen LogP contribution in [0.1, 0.15) is 64.7 Å². The fraction of sp³-hybridized carbons (Fsp3) is 0.714. The van der Waals surface area contributed by atoms with Crippen LogP contribution in [-0.2, 0) is 9.59 Å². The van der Waals surface area contributed by atoms with Crippen LogP contribution < -0.4 is 5.32 Å². The Kier molecular flexibility index (Phi) is 7.05. The molecule has 0 spiro atoms. The van der Waals surface area contributed by atoms with Crippen molar-refractivity contribution in [2.75, 3.05) is 26.2 Å². The molecule has 150 valence electrons. The van der Waals surface area contributed by atoms with Gasteiger partial charge in [0, 0.05) is 56.2 Å². The lowest BCUT2D eigenvalue weighted by Crippen LogP contribution is -2.45. The SMILES string of the molecule is CCCC(=O)NC1CCN(CCCN2C(=O)CCC3=C(F)CCC=C32)CC1. The minimum absolute atomic E-state index is 0.0304. The smallest absolute Gasteiger partial charge is 0.227 e. The standard InChI is InChI=1S/C21H32FN3O2/c1-2-5-20(26)23-16-10-14-24(15-11-16)12-4-13-25-19-7-3-6-18(22)17(19)8-9-21(25)27/h7,16H,2-6,8-15H2,1H3,(H,23,26). The summed E-state index contributed by atoms with van der Waals surface area (Å²) in [6, 6.07) is 0.298. The molecule has 0 radical (unpaired) electrons. The Labute approximate surface area is 161 Å². The molecule has 2 saturated heterocycles. The van der Waals surface area contributed by atoms with E-state index in [0.717, 1.165) is 56.6 Å². The quantitative estimate of drug-likeness (QED) is 0.741. The second-order valence-electron chi connectivity index (χ2n) is 7.84. The van der Waals surface area contributed by atoms with Gasteiger partial charge in [0.05, 0.1) is 0 Å². The van der Waals surface area contributed by atoms with Crippen molar-refractivity contribution in [3.05, 3.63) is 23.2 Å². The van der Waals surface area contributed by atoms with Crippen molar-refractivity contribution in [2.24, 2.45) is 0 Å². The zero-order chi connectivity index (χ0) is 19.2. The predicted molar refractivity (Wildman–Crippen MR) is 104 cm³/mol. The summed E-state index contributed by atoms with van der Waals surface area (Å²) < 4.78 is 14.1. The van der Waals surface area contributed by atoms with Gasteiger partial charge in [0.2, 0.25) is 11.8 Å². The van der Waals surface area contributed by atoms with Crippen LogP contribution in [0.15, 0.2) is 23.2 Å². The van der Waals surface area contributed by atoms with Crippen LogP contribution in [0.5, 0.6) is 0 Å². The molecule has 0 atom stereocenters. The second kappa shape index (κ2) is 9.49. The summed E-state index contributed by atoms with van der Waals surface area (Å²) >= 11 is 0. The first-order chi connectivity index (χ1) is 13.1. The average molecular weight is 378 g/mol. The number of fused-ring (bicyclic) bond motifs is 1. The van der Waals surface area contributed by atoms with Gasteiger partial charge >= 0.3 is 0 Å². The van der Waals surface area contributed by atoms with Gasteiger partial charge in [-0.2, -0.15) is 0 Å². The molecule has 27 heavy (non-hydrogen) atoms. The summed E-state index contributed by atoms with van der Waals surface area (Å²) in [6.45, 7) is 5.58. The number of hydrogen-bond donors (Lipinski definition) is 1. The van der Waals surface area contributed by atoms with Crippen molar-refractivity contribution < 1.29 is 14.0 Å². The maximum atomic E-state index is 14.1. The molecule has 0 bridgehead atoms. The molecule has 0 aromatic rings. The Morgan fingerprint density at radius 1 is 1.22 bits per heavy atom. The normalized spacial score (nSPS) is 21.9. The van der Waals surface area contributed by atoms with Crippen LogP contribution in [0.4, 0.5) is 4.39 Å². The Balaban J connectivity index is 1.42. The van der Waals surface area contributed by atoms with Crippen molar-refractivity contribution in [1.82, 2.24) is 15.1 Å². The van der Waals surface area contributed by atoms with E-state index >= 15 is 0 Å². The number of halogens is 1. The van der Waals surface area contributed by atoms with Crippen LogP contribution in [0.25, 0.3) is 0 Å². The van der Waals surface area contributed by atoms with E-state index < -0.39 is 0 Å². The molecule has 6 heteroatoms. The summed E-state index contributed by atoms with van der Waals surface area (Å²) in [7, 11) is 0. The molecule has 2 aliphatic heterocycles. The van der Waals surface area contributed by atoms with E-state index in [1.807, 2.05) is 13.0 Å². The Morgan fingerprint density at radius 3 is 2.74 bits per heavy atom. The van der Waals surface area contributed by atoms with Gasteiger partial charge in [-0.25, -0.2) is 4.39 Å². The van der Waals surface area contributed by atoms with Gasteiger partial charge < -0.3 is 15.1 Å². The molecule has 1 N–H and O–H groups in total. The van der Waals surface area contributed by atoms with Crippen LogP contribution in [-0.4, -0.2) is 53.8 Å². The van der Waals surface area contributed by atoms with Crippen molar-refractivity contribution in [3.8, 4) is 0 Å². The lowest BCUT2D eigenvalue weighted by Gasteiger charge is -2.35. The second-order valence-corrected chi connectivity index (χ2v) is 7.84. The first-order valence-corrected chi connectivity index (χ1v) is 10.5. The number of carbonyl (C=O) groups is 2. The Hall–Kier alpha value is -1.69. The van der Waals surface area contributed by atoms with Gasteiger partial charge in [-0.15, -0.1) is 0 Å². The number of likely N-dealkylation sites (tertiary alicyclic amines) is 2. The number of amides is 2. The molecule has 0 aromatic carbocycles. The molecule has 0 unspecified atom stereocenters. The maximum Gasteiger partial charge on any atom is 0.227 e. The van der Waals surface area contributed by atoms with E-state index in [1.54, 1.807) is 4.90 Å². The summed E-state index contributed by atoms with van der Waals surface area (Å²) in [4.78, 5) is 28.2. The molecule has 0 aromatic heterocycles. The van der Waals surface area contributed by atoms with Crippen molar-refractivity contribution in [2.45, 2.75) is 70.8 Å². The van der Waals surface area contributed by atoms with Crippen molar-refractivity contribution >= 4 is 11.8 Å². The molecule has 5 nitrogen and oxygen atoms in total. The highest BCUT2D eigenvalue weighted by Crippen LogP contribution is 2.35. The van der Waals surface area contributed by atoms with Crippen LogP contribution >= 0.6 is 0 Å². The van der Waals surface area contributed by atoms with Crippen LogP contribution in [0, 0.1) is 0 Å². The summed E-state index contributed by atoms with van der Waals surface area (Å²) in [5.41, 5.74) is 1.58. The topological polar surface area (TPSA) is 52.7 Å². The Morgan fingerprint density at radius 2 is 2.00 bits per heavy atom. The number of rotatable bonds is 7. The molecule has 0 saturated carbocycles. The monoisotopic (exact) mass is 377 g/mol. The van der Waals surface area contributed by atoms with E-state index in [9.17, 15) is 14.0 Å². The third kappa shape index (κ3) is 5.18. The van der Waals surface area contributed by atoms with E-state index in [2.05, 4.69) is 10.2 Å². The van der Waals surface area contributed by atoms with Gasteiger partial charge in [-0.1, -0.05) is 13.0 Å². The number of piperidine rings is 2. The molecule has 2 fully saturated rings. The fourth-order valence-electron chi connectivity index (χ4n) is 4.31. The van der Waals surface area contributed by atoms with Crippen molar-refractivity contribution in [1.29, 1.82) is 0 Å². The molecule has 1 aliphatic carbocycles. The zero-order valence-corrected chi connectivity index (χ0v) is 16.4. The number of nitrogens with zero attached hydrogens (tertiary/aromatic N) is 2. The number of hydrogen-bond acceptors (Lipinski definition) is 3. The van der Waals surface area contributed by atoms with Crippen LogP contribution in [0.2, 0.25) is 0 Å². The van der Waals surface area contributed by atoms with Gasteiger partial charge in [-0.3, -0.25) is 9.59 Å². The van der Waals surface area contributed by atoms with Crippen molar-refractivity contribution in [3.63, 3.8) is 0 Å². The number of allylic oxidation sites excluding steroid dienone is 3. The summed E-state index contributed by atoms with van der Waals surface area (Å²) in [5, 5.41) is 3.12. The highest BCUT2D eigenvalue weighted by Gasteiger charge is 2.30. The lowest BCUT2D eigenvalue weighted by atomic mass is 9.93. The van der Waals surface area contributed by atoms with E-state index in [-0.39, 0.29) is 17.6 Å². The maximum absolute atomic E-state index is 14.1. The predicted octanol–water partition coefficient (Wildman–Crippen LogP) is 3.28. The molecule has 2 heterocycles. The van der Waals surface area contributed by atoms with Crippen LogP contribution in [0.3, 0.4) is 0 Å². The third-order valence-electron chi connectivity index (χ3n) is 5.80. The highest BCUT2D eigenvalue weighted by molar-refractivity contribution is 5.81. The van der Waals surface area contributed by atoms with E-state index in [4.69, 9.17) is 0 Å². The molecular weight excluding hydrogens is 345 g/mol. The fourth-order valence-corrected chi connectivity index (χ4v) is 4.31. The minimum Gasteiger partial charge on any atom is -0.353 e. The van der Waals surface area contributed by atoms with Gasteiger partial charge in [0.25, 0.3) is 0 Å². The summed E-state index contributed by atoms with van der Waals surface area (Å²) in [5.74, 6) is 0.255. The van der Waals surface area contributed by atoms with E-state index in [1.165, 1.54) is 0 Å². The first kappa shape index (κ1) is 20.1. The van der Waals surface area contributed by atoms with Gasteiger partial charge in [0.1, 0.15) is 5.83 Å². The molecule has 2 amide bonds. The molecular formula is C21H32FN3O2. The lowest BCUT2D eigenvalue weighted by molar-refractivity contribution is -0.130. The summed E-state index contributed by atoms with van der Waals surface area (Å²) in [6.07, 6.45) is 8.52. The minimum atomic E-state index is -0.0304. The average Bonchev–Trinajstić information content (AvgIpc) is 2.65. The zero-order valence-electron chi connectivity index (χ0n) is 16.4.